The molecule has 64 valence electrons. The van der Waals surface area contributed by atoms with Crippen LogP contribution in [0, 0.1) is 11.8 Å². The summed E-state index contributed by atoms with van der Waals surface area (Å²) in [5, 5.41) is 0. The Morgan fingerprint density at radius 3 is 2.36 bits per heavy atom. The first-order chi connectivity index (χ1) is 4.99. The van der Waals surface area contributed by atoms with Gasteiger partial charge in [-0.3, -0.25) is 4.55 Å². The Morgan fingerprint density at radius 2 is 2.09 bits per heavy atom. The largest absolute Gasteiger partial charge is 0.286 e. The highest BCUT2D eigenvalue weighted by Gasteiger charge is 2.20. The average Bonchev–Trinajstić information content (AvgIpc) is 1.82. The highest BCUT2D eigenvalue weighted by molar-refractivity contribution is 7.85. The van der Waals surface area contributed by atoms with Gasteiger partial charge in [0.1, 0.15) is 0 Å². The molecule has 1 unspecified atom stereocenters. The summed E-state index contributed by atoms with van der Waals surface area (Å²) < 4.78 is 29.0. The molecule has 0 fully saturated rings. The first-order valence-electron chi connectivity index (χ1n) is 3.62. The molecule has 0 bridgehead atoms. The summed E-state index contributed by atoms with van der Waals surface area (Å²) in [7, 11) is -3.75. The van der Waals surface area contributed by atoms with Gasteiger partial charge in [0.05, 0.1) is 5.75 Å². The lowest BCUT2D eigenvalue weighted by atomic mass is 9.82. The standard InChI is InChI=1S/C7H12O3S/c1-6-2-3-7(6)4-5-11(8,9)10/h2-3,6-7H,4-5H2,1H3,(H,8,9,10)/t6?,7-/m1/s1. The molecular formula is C7H12O3S. The van der Waals surface area contributed by atoms with Crippen LogP contribution in [0.1, 0.15) is 13.3 Å². The van der Waals surface area contributed by atoms with Crippen LogP contribution in [0.4, 0.5) is 0 Å². The highest BCUT2D eigenvalue weighted by atomic mass is 32.2. The Kier molecular flexibility index (Phi) is 2.34. The topological polar surface area (TPSA) is 54.4 Å². The fraction of sp³-hybridized carbons (Fsp3) is 0.714. The smallest absolute Gasteiger partial charge is 0.264 e. The Bertz CT molecular complexity index is 253. The lowest BCUT2D eigenvalue weighted by Crippen LogP contribution is -2.19. The minimum atomic E-state index is -3.75. The summed E-state index contributed by atoms with van der Waals surface area (Å²) in [5.74, 6) is 0.695. The number of rotatable bonds is 3. The number of hydrogen-bond acceptors (Lipinski definition) is 2. The molecule has 0 aromatic heterocycles. The van der Waals surface area contributed by atoms with Crippen molar-refractivity contribution in [1.29, 1.82) is 0 Å². The average molecular weight is 176 g/mol. The van der Waals surface area contributed by atoms with Crippen molar-refractivity contribution in [2.45, 2.75) is 13.3 Å². The van der Waals surface area contributed by atoms with E-state index in [1.807, 2.05) is 19.1 Å². The van der Waals surface area contributed by atoms with Gasteiger partial charge in [-0.15, -0.1) is 0 Å². The molecule has 0 heterocycles. The van der Waals surface area contributed by atoms with Crippen molar-refractivity contribution in [3.8, 4) is 0 Å². The van der Waals surface area contributed by atoms with Gasteiger partial charge in [-0.2, -0.15) is 8.42 Å². The Balaban J connectivity index is 2.30. The number of allylic oxidation sites excluding steroid dienone is 2. The van der Waals surface area contributed by atoms with Gasteiger partial charge in [-0.05, 0) is 18.3 Å². The van der Waals surface area contributed by atoms with Gasteiger partial charge >= 0.3 is 0 Å². The molecule has 1 aliphatic rings. The second-order valence-corrected chi connectivity index (χ2v) is 4.55. The monoisotopic (exact) mass is 176 g/mol. The molecule has 4 heteroatoms. The molecule has 0 aromatic rings. The zero-order valence-corrected chi connectivity index (χ0v) is 7.21. The molecule has 3 nitrogen and oxygen atoms in total. The third kappa shape index (κ3) is 2.63. The van der Waals surface area contributed by atoms with E-state index in [-0.39, 0.29) is 5.75 Å². The predicted molar refractivity (Wildman–Crippen MR) is 42.8 cm³/mol. The SMILES string of the molecule is CC1C=C[C@@H]1CCS(=O)(=O)O. The molecule has 1 N–H and O–H groups in total. The summed E-state index contributed by atoms with van der Waals surface area (Å²) in [6, 6.07) is 0. The lowest BCUT2D eigenvalue weighted by Gasteiger charge is -2.25. The Labute approximate surface area is 66.9 Å². The van der Waals surface area contributed by atoms with Gasteiger partial charge in [0.25, 0.3) is 10.1 Å². The van der Waals surface area contributed by atoms with Crippen LogP contribution in [0.3, 0.4) is 0 Å². The molecule has 0 aromatic carbocycles. The summed E-state index contributed by atoms with van der Waals surface area (Å²) in [6.07, 6.45) is 4.56. The van der Waals surface area contributed by atoms with E-state index < -0.39 is 10.1 Å². The molecule has 0 amide bonds. The van der Waals surface area contributed by atoms with Gasteiger partial charge in [0, 0.05) is 0 Å². The first-order valence-corrected chi connectivity index (χ1v) is 5.23. The lowest BCUT2D eigenvalue weighted by molar-refractivity contribution is 0.430. The second-order valence-electron chi connectivity index (χ2n) is 2.98. The van der Waals surface area contributed by atoms with Crippen molar-refractivity contribution in [3.63, 3.8) is 0 Å². The van der Waals surface area contributed by atoms with Crippen molar-refractivity contribution in [2.75, 3.05) is 5.75 Å². The van der Waals surface area contributed by atoms with Gasteiger partial charge in [-0.1, -0.05) is 19.1 Å². The van der Waals surface area contributed by atoms with Gasteiger partial charge in [0.2, 0.25) is 0 Å². The summed E-state index contributed by atoms with van der Waals surface area (Å²) in [5.41, 5.74) is 0. The van der Waals surface area contributed by atoms with Crippen LogP contribution in [0.15, 0.2) is 12.2 Å². The number of hydrogen-bond donors (Lipinski definition) is 1. The van der Waals surface area contributed by atoms with E-state index in [0.717, 1.165) is 0 Å². The molecule has 11 heavy (non-hydrogen) atoms. The molecule has 0 spiro atoms. The molecule has 1 aliphatic carbocycles. The zero-order valence-electron chi connectivity index (χ0n) is 6.40. The molecule has 2 atom stereocenters. The zero-order chi connectivity index (χ0) is 8.48. The van der Waals surface area contributed by atoms with Gasteiger partial charge in [0.15, 0.2) is 0 Å². The van der Waals surface area contributed by atoms with Crippen LogP contribution in [0.5, 0.6) is 0 Å². The third-order valence-corrected chi connectivity index (χ3v) is 2.80. The van der Waals surface area contributed by atoms with E-state index in [0.29, 0.717) is 18.3 Å². The van der Waals surface area contributed by atoms with Crippen molar-refractivity contribution in [2.24, 2.45) is 11.8 Å². The van der Waals surface area contributed by atoms with Gasteiger partial charge < -0.3 is 0 Å². The van der Waals surface area contributed by atoms with Crippen LogP contribution in [-0.2, 0) is 10.1 Å². The van der Waals surface area contributed by atoms with Crippen molar-refractivity contribution < 1.29 is 13.0 Å². The minimum Gasteiger partial charge on any atom is -0.286 e. The molecular weight excluding hydrogens is 164 g/mol. The predicted octanol–water partition coefficient (Wildman–Crippen LogP) is 1.09. The van der Waals surface area contributed by atoms with E-state index in [1.165, 1.54) is 0 Å². The quantitative estimate of drug-likeness (QED) is 0.517. The highest BCUT2D eigenvalue weighted by Crippen LogP contribution is 2.27. The van der Waals surface area contributed by atoms with Crippen LogP contribution >= 0.6 is 0 Å². The fourth-order valence-corrected chi connectivity index (χ4v) is 1.70. The van der Waals surface area contributed by atoms with Crippen LogP contribution in [0.2, 0.25) is 0 Å². The molecule has 0 radical (unpaired) electrons. The van der Waals surface area contributed by atoms with Gasteiger partial charge in [-0.25, -0.2) is 0 Å². The summed E-state index contributed by atoms with van der Waals surface area (Å²) in [6.45, 7) is 2.04. The van der Waals surface area contributed by atoms with Crippen LogP contribution in [-0.4, -0.2) is 18.7 Å². The van der Waals surface area contributed by atoms with Crippen molar-refractivity contribution >= 4 is 10.1 Å². The minimum absolute atomic E-state index is 0.119. The van der Waals surface area contributed by atoms with Crippen LogP contribution in [0.25, 0.3) is 0 Å². The molecule has 0 saturated heterocycles. The molecule has 0 aliphatic heterocycles. The van der Waals surface area contributed by atoms with E-state index in [2.05, 4.69) is 0 Å². The van der Waals surface area contributed by atoms with Crippen molar-refractivity contribution in [1.82, 2.24) is 0 Å². The first kappa shape index (κ1) is 8.74. The summed E-state index contributed by atoms with van der Waals surface area (Å²) in [4.78, 5) is 0. The third-order valence-electron chi connectivity index (χ3n) is 2.05. The van der Waals surface area contributed by atoms with E-state index >= 15 is 0 Å². The maximum atomic E-state index is 10.3. The van der Waals surface area contributed by atoms with E-state index in [1.54, 1.807) is 0 Å². The van der Waals surface area contributed by atoms with Crippen LogP contribution < -0.4 is 0 Å². The summed E-state index contributed by atoms with van der Waals surface area (Å²) >= 11 is 0. The van der Waals surface area contributed by atoms with Crippen molar-refractivity contribution in [3.05, 3.63) is 12.2 Å². The Hall–Kier alpha value is -0.350. The second kappa shape index (κ2) is 2.95. The maximum absolute atomic E-state index is 10.3. The maximum Gasteiger partial charge on any atom is 0.264 e. The normalized spacial score (nSPS) is 30.0. The molecule has 0 saturated carbocycles. The molecule has 1 rings (SSSR count). The van der Waals surface area contributed by atoms with E-state index in [9.17, 15) is 8.42 Å². The van der Waals surface area contributed by atoms with E-state index in [4.69, 9.17) is 4.55 Å². The Morgan fingerprint density at radius 1 is 1.45 bits per heavy atom. The fourth-order valence-electron chi connectivity index (χ4n) is 1.13.